The minimum Gasteiger partial charge on any atom is -0.399 e. The molecule has 0 atom stereocenters. The number of hydrogen-bond acceptors (Lipinski definition) is 3. The quantitative estimate of drug-likeness (QED) is 0.403. The summed E-state index contributed by atoms with van der Waals surface area (Å²) in [5.74, 6) is 0. The number of benzene rings is 2. The number of nitrogen functional groups attached to an aromatic ring is 2. The Kier molecular flexibility index (Phi) is 1.86. The summed E-state index contributed by atoms with van der Waals surface area (Å²) in [6.45, 7) is 0. The molecule has 0 bridgehead atoms. The van der Waals surface area contributed by atoms with Crippen LogP contribution in [0.3, 0.4) is 0 Å². The minimum absolute atomic E-state index is 0.0268. The highest BCUT2D eigenvalue weighted by Gasteiger charge is 2.06. The van der Waals surface area contributed by atoms with Gasteiger partial charge in [0.1, 0.15) is 0 Å². The number of anilines is 2. The van der Waals surface area contributed by atoms with E-state index in [-0.39, 0.29) is 5.43 Å². The fourth-order valence-electron chi connectivity index (χ4n) is 2.04. The maximum Gasteiger partial charge on any atom is 0.197 e. The molecule has 0 spiro atoms. The molecule has 0 amide bonds. The van der Waals surface area contributed by atoms with Crippen molar-refractivity contribution in [2.75, 3.05) is 11.5 Å². The Labute approximate surface area is 96.9 Å². The van der Waals surface area contributed by atoms with E-state index in [1.807, 2.05) is 0 Å². The molecule has 84 valence electrons. The second kappa shape index (κ2) is 3.25. The molecule has 5 N–H and O–H groups in total. The molecule has 0 aliphatic carbocycles. The van der Waals surface area contributed by atoms with E-state index in [4.69, 9.17) is 11.5 Å². The van der Waals surface area contributed by atoms with Crippen LogP contribution < -0.4 is 16.9 Å². The summed E-state index contributed by atoms with van der Waals surface area (Å²) < 4.78 is 0. The molecular formula is C13H11N3O. The normalized spacial score (nSPS) is 11.1. The number of H-pyrrole nitrogens is 1. The third-order valence-corrected chi connectivity index (χ3v) is 2.89. The van der Waals surface area contributed by atoms with Crippen LogP contribution >= 0.6 is 0 Å². The lowest BCUT2D eigenvalue weighted by Gasteiger charge is -2.05. The lowest BCUT2D eigenvalue weighted by atomic mass is 10.1. The van der Waals surface area contributed by atoms with Gasteiger partial charge >= 0.3 is 0 Å². The monoisotopic (exact) mass is 225 g/mol. The van der Waals surface area contributed by atoms with Crippen molar-refractivity contribution in [3.05, 3.63) is 46.6 Å². The minimum atomic E-state index is -0.0268. The van der Waals surface area contributed by atoms with Crippen LogP contribution in [0.4, 0.5) is 11.4 Å². The highest BCUT2D eigenvalue weighted by Crippen LogP contribution is 2.20. The van der Waals surface area contributed by atoms with E-state index in [1.165, 1.54) is 0 Å². The Hall–Kier alpha value is -2.49. The van der Waals surface area contributed by atoms with E-state index in [1.54, 1.807) is 36.4 Å². The zero-order chi connectivity index (χ0) is 12.0. The third kappa shape index (κ3) is 1.34. The van der Waals surface area contributed by atoms with Crippen LogP contribution in [0.5, 0.6) is 0 Å². The molecule has 1 aromatic heterocycles. The zero-order valence-corrected chi connectivity index (χ0v) is 9.03. The standard InChI is InChI=1S/C13H11N3O/c14-7-4-5-8-11(6-7)16-12-9(13(8)17)2-1-3-10(12)15/h1-6H,14-15H2,(H,16,17). The number of para-hydroxylation sites is 1. The van der Waals surface area contributed by atoms with Crippen LogP contribution in [0.1, 0.15) is 0 Å². The van der Waals surface area contributed by atoms with Crippen molar-refractivity contribution in [1.82, 2.24) is 4.98 Å². The van der Waals surface area contributed by atoms with Gasteiger partial charge in [-0.05, 0) is 30.3 Å². The van der Waals surface area contributed by atoms with E-state index < -0.39 is 0 Å². The lowest BCUT2D eigenvalue weighted by Crippen LogP contribution is -2.05. The van der Waals surface area contributed by atoms with Gasteiger partial charge in [0.15, 0.2) is 5.43 Å². The van der Waals surface area contributed by atoms with E-state index in [0.29, 0.717) is 33.2 Å². The summed E-state index contributed by atoms with van der Waals surface area (Å²) in [6, 6.07) is 10.5. The van der Waals surface area contributed by atoms with Crippen LogP contribution in [0.2, 0.25) is 0 Å². The topological polar surface area (TPSA) is 84.9 Å². The Balaban J connectivity index is 2.62. The van der Waals surface area contributed by atoms with Crippen LogP contribution in [0.15, 0.2) is 41.2 Å². The predicted octanol–water partition coefficient (Wildman–Crippen LogP) is 1.85. The molecule has 3 aromatic rings. The maximum absolute atomic E-state index is 12.2. The summed E-state index contributed by atoms with van der Waals surface area (Å²) in [6.07, 6.45) is 0. The molecule has 3 rings (SSSR count). The van der Waals surface area contributed by atoms with Gasteiger partial charge in [0.05, 0.1) is 16.7 Å². The number of hydrogen-bond donors (Lipinski definition) is 3. The van der Waals surface area contributed by atoms with Gasteiger partial charge < -0.3 is 16.5 Å². The van der Waals surface area contributed by atoms with Crippen molar-refractivity contribution in [3.63, 3.8) is 0 Å². The van der Waals surface area contributed by atoms with E-state index in [9.17, 15) is 4.79 Å². The molecule has 0 fully saturated rings. The third-order valence-electron chi connectivity index (χ3n) is 2.89. The second-order valence-electron chi connectivity index (χ2n) is 4.03. The smallest absolute Gasteiger partial charge is 0.197 e. The summed E-state index contributed by atoms with van der Waals surface area (Å²) in [5, 5.41) is 1.22. The molecule has 0 unspecified atom stereocenters. The number of nitrogens with two attached hydrogens (primary N) is 2. The molecule has 4 heteroatoms. The maximum atomic E-state index is 12.2. The molecule has 0 aliphatic rings. The SMILES string of the molecule is Nc1ccc2c(=O)c3cccc(N)c3[nH]c2c1. The van der Waals surface area contributed by atoms with Gasteiger partial charge in [-0.15, -0.1) is 0 Å². The Morgan fingerprint density at radius 3 is 2.65 bits per heavy atom. The molecule has 0 saturated carbocycles. The predicted molar refractivity (Wildman–Crippen MR) is 70.9 cm³/mol. The molecule has 4 nitrogen and oxygen atoms in total. The fraction of sp³-hybridized carbons (Fsp3) is 0. The van der Waals surface area contributed by atoms with Gasteiger partial charge in [0.2, 0.25) is 0 Å². The molecule has 0 radical (unpaired) electrons. The van der Waals surface area contributed by atoms with Crippen molar-refractivity contribution in [3.8, 4) is 0 Å². The summed E-state index contributed by atoms with van der Waals surface area (Å²) in [4.78, 5) is 15.4. The van der Waals surface area contributed by atoms with Crippen LogP contribution in [0.25, 0.3) is 21.8 Å². The van der Waals surface area contributed by atoms with Gasteiger partial charge in [0.25, 0.3) is 0 Å². The number of rotatable bonds is 0. The zero-order valence-electron chi connectivity index (χ0n) is 9.03. The van der Waals surface area contributed by atoms with Gasteiger partial charge in [-0.1, -0.05) is 6.07 Å². The van der Waals surface area contributed by atoms with Crippen LogP contribution in [-0.4, -0.2) is 4.98 Å². The highest BCUT2D eigenvalue weighted by atomic mass is 16.1. The summed E-state index contributed by atoms with van der Waals surface area (Å²) >= 11 is 0. The van der Waals surface area contributed by atoms with Crippen LogP contribution in [0, 0.1) is 0 Å². The Morgan fingerprint density at radius 2 is 1.82 bits per heavy atom. The van der Waals surface area contributed by atoms with E-state index in [0.717, 1.165) is 0 Å². The number of aromatic amines is 1. The number of nitrogens with one attached hydrogen (secondary N) is 1. The van der Waals surface area contributed by atoms with Crippen molar-refractivity contribution >= 4 is 33.2 Å². The first kappa shape index (κ1) is 9.72. The Bertz CT molecular complexity index is 790. The number of aromatic nitrogens is 1. The van der Waals surface area contributed by atoms with Gasteiger partial charge in [-0.2, -0.15) is 0 Å². The van der Waals surface area contributed by atoms with Crippen molar-refractivity contribution in [2.45, 2.75) is 0 Å². The van der Waals surface area contributed by atoms with Gasteiger partial charge in [0, 0.05) is 16.5 Å². The van der Waals surface area contributed by atoms with Gasteiger partial charge in [-0.25, -0.2) is 0 Å². The molecular weight excluding hydrogens is 214 g/mol. The van der Waals surface area contributed by atoms with Crippen LogP contribution in [-0.2, 0) is 0 Å². The fourth-order valence-corrected chi connectivity index (χ4v) is 2.04. The second-order valence-corrected chi connectivity index (χ2v) is 4.03. The van der Waals surface area contributed by atoms with E-state index in [2.05, 4.69) is 4.98 Å². The first-order valence-corrected chi connectivity index (χ1v) is 5.26. The van der Waals surface area contributed by atoms with Crippen molar-refractivity contribution < 1.29 is 0 Å². The number of pyridine rings is 1. The van der Waals surface area contributed by atoms with E-state index >= 15 is 0 Å². The molecule has 17 heavy (non-hydrogen) atoms. The molecule has 0 aliphatic heterocycles. The Morgan fingerprint density at radius 1 is 1.00 bits per heavy atom. The first-order chi connectivity index (χ1) is 8.16. The molecule has 2 aromatic carbocycles. The van der Waals surface area contributed by atoms with Gasteiger partial charge in [-0.3, -0.25) is 4.79 Å². The average molecular weight is 225 g/mol. The largest absolute Gasteiger partial charge is 0.399 e. The molecule has 1 heterocycles. The van der Waals surface area contributed by atoms with Crippen molar-refractivity contribution in [1.29, 1.82) is 0 Å². The highest BCUT2D eigenvalue weighted by molar-refractivity contribution is 5.98. The first-order valence-electron chi connectivity index (χ1n) is 5.26. The van der Waals surface area contributed by atoms with Crippen molar-refractivity contribution in [2.24, 2.45) is 0 Å². The summed E-state index contributed by atoms with van der Waals surface area (Å²) in [7, 11) is 0. The average Bonchev–Trinajstić information content (AvgIpc) is 2.30. The molecule has 0 saturated heterocycles. The number of fused-ring (bicyclic) bond motifs is 2. The lowest BCUT2D eigenvalue weighted by molar-refractivity contribution is 1.48. The summed E-state index contributed by atoms with van der Waals surface area (Å²) in [5.41, 5.74) is 14.1.